The van der Waals surface area contributed by atoms with Crippen LogP contribution in [0.25, 0.3) is 0 Å². The van der Waals surface area contributed by atoms with Crippen LogP contribution in [0.3, 0.4) is 0 Å². The second kappa shape index (κ2) is 4.80. The van der Waals surface area contributed by atoms with Gasteiger partial charge in [-0.1, -0.05) is 19.1 Å². The van der Waals surface area contributed by atoms with E-state index in [0.717, 1.165) is 19.3 Å². The van der Waals surface area contributed by atoms with E-state index >= 15 is 0 Å². The van der Waals surface area contributed by atoms with E-state index in [1.165, 1.54) is 0 Å². The van der Waals surface area contributed by atoms with Crippen LogP contribution in [0.1, 0.15) is 26.2 Å². The zero-order valence-electron chi connectivity index (χ0n) is 8.44. The van der Waals surface area contributed by atoms with Crippen molar-refractivity contribution in [3.05, 3.63) is 12.2 Å². The van der Waals surface area contributed by atoms with Crippen LogP contribution in [0.5, 0.6) is 0 Å². The summed E-state index contributed by atoms with van der Waals surface area (Å²) >= 11 is 0. The maximum absolute atomic E-state index is 11.0. The molecule has 0 aromatic rings. The molecule has 3 nitrogen and oxygen atoms in total. The molecule has 3 heteroatoms. The molecule has 0 radical (unpaired) electrons. The molecular formula is C11H16N2O. The fourth-order valence-electron chi connectivity index (χ4n) is 1.96. The average molecular weight is 192 g/mol. The van der Waals surface area contributed by atoms with Gasteiger partial charge in [-0.3, -0.25) is 4.79 Å². The Hall–Kier alpha value is -1.30. The van der Waals surface area contributed by atoms with Crippen molar-refractivity contribution in [2.24, 2.45) is 23.5 Å². The van der Waals surface area contributed by atoms with Gasteiger partial charge in [0, 0.05) is 0 Å². The predicted octanol–water partition coefficient (Wildman–Crippen LogP) is 1.60. The fraction of sp³-hybridized carbons (Fsp3) is 0.636. The molecule has 0 saturated heterocycles. The first-order valence-electron chi connectivity index (χ1n) is 5.02. The monoisotopic (exact) mass is 192 g/mol. The number of nitriles is 1. The Morgan fingerprint density at radius 1 is 1.71 bits per heavy atom. The van der Waals surface area contributed by atoms with Crippen LogP contribution < -0.4 is 5.73 Å². The van der Waals surface area contributed by atoms with Gasteiger partial charge >= 0.3 is 0 Å². The van der Waals surface area contributed by atoms with Gasteiger partial charge in [0.2, 0.25) is 5.91 Å². The molecule has 3 unspecified atom stereocenters. The van der Waals surface area contributed by atoms with Crippen LogP contribution in [0.2, 0.25) is 0 Å². The third kappa shape index (κ3) is 2.35. The van der Waals surface area contributed by atoms with Crippen molar-refractivity contribution in [3.8, 4) is 6.07 Å². The molecule has 0 bridgehead atoms. The zero-order valence-corrected chi connectivity index (χ0v) is 8.44. The first-order chi connectivity index (χ1) is 6.66. The summed E-state index contributed by atoms with van der Waals surface area (Å²) in [5.74, 6) is -0.781. The normalized spacial score (nSPS) is 25.0. The first-order valence-corrected chi connectivity index (χ1v) is 5.02. The molecular weight excluding hydrogens is 176 g/mol. The van der Waals surface area contributed by atoms with Gasteiger partial charge in [-0.15, -0.1) is 0 Å². The van der Waals surface area contributed by atoms with Crippen LogP contribution in [0.15, 0.2) is 12.2 Å². The number of amides is 1. The van der Waals surface area contributed by atoms with Crippen molar-refractivity contribution in [1.29, 1.82) is 5.26 Å². The minimum absolute atomic E-state index is 0.0362. The minimum Gasteiger partial charge on any atom is -0.369 e. The maximum atomic E-state index is 11.0. The van der Waals surface area contributed by atoms with E-state index in [-0.39, 0.29) is 5.92 Å². The van der Waals surface area contributed by atoms with Gasteiger partial charge in [-0.25, -0.2) is 0 Å². The molecule has 0 aromatic carbocycles. The molecule has 3 atom stereocenters. The van der Waals surface area contributed by atoms with E-state index in [2.05, 4.69) is 12.2 Å². The summed E-state index contributed by atoms with van der Waals surface area (Å²) < 4.78 is 0. The lowest BCUT2D eigenvalue weighted by Gasteiger charge is -2.25. The Kier molecular flexibility index (Phi) is 3.70. The van der Waals surface area contributed by atoms with Gasteiger partial charge < -0.3 is 5.73 Å². The highest BCUT2D eigenvalue weighted by molar-refractivity contribution is 5.79. The van der Waals surface area contributed by atoms with E-state index in [4.69, 9.17) is 11.0 Å². The number of nitrogens with zero attached hydrogens (tertiary/aromatic N) is 1. The standard InChI is InChI=1S/C11H16N2O/c1-8(10(7-12)11(13)14)9-5-3-2-4-6-9/h3,5,8-10H,2,4,6H2,1H3,(H2,13,14). The van der Waals surface area contributed by atoms with Crippen molar-refractivity contribution in [2.75, 3.05) is 0 Å². The molecule has 1 aliphatic carbocycles. The molecule has 1 aliphatic rings. The van der Waals surface area contributed by atoms with Gasteiger partial charge in [-0.05, 0) is 31.1 Å². The average Bonchev–Trinajstić information content (AvgIpc) is 2.19. The summed E-state index contributed by atoms with van der Waals surface area (Å²) in [6, 6.07) is 1.99. The van der Waals surface area contributed by atoms with Crippen LogP contribution in [-0.4, -0.2) is 5.91 Å². The number of hydrogen-bond donors (Lipinski definition) is 1. The summed E-state index contributed by atoms with van der Waals surface area (Å²) in [5, 5.41) is 8.82. The molecule has 0 fully saturated rings. The maximum Gasteiger partial charge on any atom is 0.235 e. The van der Waals surface area contributed by atoms with Crippen molar-refractivity contribution in [3.63, 3.8) is 0 Å². The summed E-state index contributed by atoms with van der Waals surface area (Å²) in [7, 11) is 0. The number of allylic oxidation sites excluding steroid dienone is 2. The van der Waals surface area contributed by atoms with Gasteiger partial charge in [0.15, 0.2) is 0 Å². The van der Waals surface area contributed by atoms with Crippen LogP contribution in [0.4, 0.5) is 0 Å². The van der Waals surface area contributed by atoms with Crippen LogP contribution in [-0.2, 0) is 4.79 Å². The van der Waals surface area contributed by atoms with E-state index in [1.807, 2.05) is 13.0 Å². The molecule has 76 valence electrons. The van der Waals surface area contributed by atoms with E-state index in [9.17, 15) is 4.79 Å². The molecule has 1 amide bonds. The third-order valence-electron chi connectivity index (χ3n) is 2.94. The Balaban J connectivity index is 2.67. The Bertz CT molecular complexity index is 278. The number of primary amides is 1. The number of hydrogen-bond acceptors (Lipinski definition) is 2. The smallest absolute Gasteiger partial charge is 0.235 e. The van der Waals surface area contributed by atoms with Crippen molar-refractivity contribution >= 4 is 5.91 Å². The number of carbonyl (C=O) groups excluding carboxylic acids is 1. The van der Waals surface area contributed by atoms with E-state index in [0.29, 0.717) is 5.92 Å². The molecule has 0 aliphatic heterocycles. The third-order valence-corrected chi connectivity index (χ3v) is 2.94. The lowest BCUT2D eigenvalue weighted by atomic mass is 9.78. The van der Waals surface area contributed by atoms with Crippen molar-refractivity contribution in [1.82, 2.24) is 0 Å². The summed E-state index contributed by atoms with van der Waals surface area (Å²) in [4.78, 5) is 11.0. The van der Waals surface area contributed by atoms with Crippen LogP contribution >= 0.6 is 0 Å². The van der Waals surface area contributed by atoms with E-state index < -0.39 is 11.8 Å². The Morgan fingerprint density at radius 2 is 2.43 bits per heavy atom. The Labute approximate surface area is 84.6 Å². The van der Waals surface area contributed by atoms with E-state index in [1.54, 1.807) is 0 Å². The number of nitrogens with two attached hydrogens (primary N) is 1. The molecule has 0 aromatic heterocycles. The SMILES string of the molecule is CC(C1C=CCCC1)C(C#N)C(N)=O. The highest BCUT2D eigenvalue weighted by atomic mass is 16.1. The van der Waals surface area contributed by atoms with Gasteiger partial charge in [0.05, 0.1) is 6.07 Å². The van der Waals surface area contributed by atoms with Gasteiger partial charge in [-0.2, -0.15) is 5.26 Å². The molecule has 0 heterocycles. The second-order valence-corrected chi connectivity index (χ2v) is 3.89. The highest BCUT2D eigenvalue weighted by Gasteiger charge is 2.28. The second-order valence-electron chi connectivity index (χ2n) is 3.89. The van der Waals surface area contributed by atoms with Gasteiger partial charge in [0.1, 0.15) is 5.92 Å². The molecule has 2 N–H and O–H groups in total. The molecule has 14 heavy (non-hydrogen) atoms. The predicted molar refractivity (Wildman–Crippen MR) is 53.9 cm³/mol. The largest absolute Gasteiger partial charge is 0.369 e. The summed E-state index contributed by atoms with van der Waals surface area (Å²) in [6.45, 7) is 1.93. The Morgan fingerprint density at radius 3 is 2.86 bits per heavy atom. The topological polar surface area (TPSA) is 66.9 Å². The summed E-state index contributed by atoms with van der Waals surface area (Å²) in [6.07, 6.45) is 7.55. The summed E-state index contributed by atoms with van der Waals surface area (Å²) in [5.41, 5.74) is 5.17. The lowest BCUT2D eigenvalue weighted by molar-refractivity contribution is -0.121. The number of carbonyl (C=O) groups is 1. The quantitative estimate of drug-likeness (QED) is 0.690. The molecule has 0 saturated carbocycles. The zero-order chi connectivity index (χ0) is 10.6. The molecule has 0 spiro atoms. The lowest BCUT2D eigenvalue weighted by Crippen LogP contribution is -2.31. The number of rotatable bonds is 3. The van der Waals surface area contributed by atoms with Gasteiger partial charge in [0.25, 0.3) is 0 Å². The first kappa shape index (κ1) is 10.8. The minimum atomic E-state index is -0.650. The van der Waals surface area contributed by atoms with Crippen molar-refractivity contribution in [2.45, 2.75) is 26.2 Å². The fourth-order valence-corrected chi connectivity index (χ4v) is 1.96. The highest BCUT2D eigenvalue weighted by Crippen LogP contribution is 2.29. The molecule has 1 rings (SSSR count). The van der Waals surface area contributed by atoms with Crippen molar-refractivity contribution < 1.29 is 4.79 Å². The van der Waals surface area contributed by atoms with Crippen LogP contribution in [0, 0.1) is 29.1 Å².